The minimum atomic E-state index is -0.0428. The zero-order valence-corrected chi connectivity index (χ0v) is 17.8. The molecule has 1 amide bonds. The van der Waals surface area contributed by atoms with Crippen LogP contribution >= 0.6 is 11.3 Å². The molecular formula is C21H29N3O3S. The molecule has 3 rings (SSSR count). The lowest BCUT2D eigenvalue weighted by atomic mass is 9.93. The van der Waals surface area contributed by atoms with Gasteiger partial charge in [-0.1, -0.05) is 20.8 Å². The highest BCUT2D eigenvalue weighted by Gasteiger charge is 2.23. The molecule has 152 valence electrons. The number of ether oxygens (including phenoxy) is 2. The minimum absolute atomic E-state index is 0.0393. The zero-order chi connectivity index (χ0) is 20.1. The average molecular weight is 404 g/mol. The van der Waals surface area contributed by atoms with E-state index in [0.29, 0.717) is 6.54 Å². The van der Waals surface area contributed by atoms with Crippen LogP contribution in [0.1, 0.15) is 39.3 Å². The van der Waals surface area contributed by atoms with Crippen LogP contribution in [-0.4, -0.2) is 43.8 Å². The van der Waals surface area contributed by atoms with Gasteiger partial charge in [-0.15, -0.1) is 11.3 Å². The molecule has 0 bridgehead atoms. The van der Waals surface area contributed by atoms with E-state index in [4.69, 9.17) is 14.5 Å². The Kier molecular flexibility index (Phi) is 6.57. The van der Waals surface area contributed by atoms with Gasteiger partial charge in [0.15, 0.2) is 5.13 Å². The lowest BCUT2D eigenvalue weighted by Gasteiger charge is -2.23. The van der Waals surface area contributed by atoms with Crippen LogP contribution < -0.4 is 15.0 Å². The van der Waals surface area contributed by atoms with Crippen LogP contribution in [-0.2, 0) is 14.9 Å². The fraction of sp³-hybridized carbons (Fsp3) is 0.524. The van der Waals surface area contributed by atoms with Gasteiger partial charge in [0, 0.05) is 29.6 Å². The summed E-state index contributed by atoms with van der Waals surface area (Å²) in [5, 5.41) is 5.87. The Morgan fingerprint density at radius 2 is 2.11 bits per heavy atom. The maximum absolute atomic E-state index is 12.6. The maximum atomic E-state index is 12.6. The Labute approximate surface area is 170 Å². The molecule has 1 aliphatic rings. The summed E-state index contributed by atoms with van der Waals surface area (Å²) in [6.45, 7) is 7.96. The second-order valence-corrected chi connectivity index (χ2v) is 8.83. The third-order valence-corrected chi connectivity index (χ3v) is 5.59. The van der Waals surface area contributed by atoms with Gasteiger partial charge in [-0.3, -0.25) is 4.79 Å². The highest BCUT2D eigenvalue weighted by Crippen LogP contribution is 2.33. The van der Waals surface area contributed by atoms with Gasteiger partial charge < -0.3 is 19.7 Å². The van der Waals surface area contributed by atoms with E-state index in [1.807, 2.05) is 29.2 Å². The van der Waals surface area contributed by atoms with E-state index < -0.39 is 0 Å². The summed E-state index contributed by atoms with van der Waals surface area (Å²) in [6, 6.07) is 7.68. The van der Waals surface area contributed by atoms with Gasteiger partial charge in [0.1, 0.15) is 12.3 Å². The van der Waals surface area contributed by atoms with E-state index in [1.165, 1.54) is 0 Å². The Bertz CT molecular complexity index is 777. The van der Waals surface area contributed by atoms with Crippen molar-refractivity contribution in [3.8, 4) is 5.75 Å². The zero-order valence-electron chi connectivity index (χ0n) is 17.0. The number of hydrogen-bond donors (Lipinski definition) is 1. The number of thiazole rings is 1. The third kappa shape index (κ3) is 5.23. The summed E-state index contributed by atoms with van der Waals surface area (Å²) < 4.78 is 10.8. The van der Waals surface area contributed by atoms with Crippen LogP contribution in [0.25, 0.3) is 0 Å². The molecule has 1 aliphatic heterocycles. The van der Waals surface area contributed by atoms with Gasteiger partial charge in [-0.25, -0.2) is 4.98 Å². The van der Waals surface area contributed by atoms with E-state index in [2.05, 4.69) is 31.5 Å². The molecule has 1 unspecified atom stereocenters. The van der Waals surface area contributed by atoms with Crippen LogP contribution in [0, 0.1) is 0 Å². The number of anilines is 2. The van der Waals surface area contributed by atoms with Crippen LogP contribution in [0.4, 0.5) is 10.8 Å². The number of carbonyl (C=O) groups is 1. The Morgan fingerprint density at radius 3 is 2.68 bits per heavy atom. The Morgan fingerprint density at radius 1 is 1.36 bits per heavy atom. The summed E-state index contributed by atoms with van der Waals surface area (Å²) >= 11 is 1.55. The predicted molar refractivity (Wildman–Crippen MR) is 113 cm³/mol. The molecule has 1 aromatic carbocycles. The van der Waals surface area contributed by atoms with Gasteiger partial charge in [-0.2, -0.15) is 0 Å². The SMILES string of the molecule is COc1ccc(N(CC(=O)NCC2CCCO2)c2nc(C(C)(C)C)cs2)cc1. The van der Waals surface area contributed by atoms with Crippen molar-refractivity contribution < 1.29 is 14.3 Å². The fourth-order valence-electron chi connectivity index (χ4n) is 3.00. The van der Waals surface area contributed by atoms with Crippen molar-refractivity contribution in [1.29, 1.82) is 0 Å². The van der Waals surface area contributed by atoms with E-state index in [9.17, 15) is 4.79 Å². The summed E-state index contributed by atoms with van der Waals surface area (Å²) in [4.78, 5) is 19.4. The van der Waals surface area contributed by atoms with E-state index in [0.717, 1.165) is 41.7 Å². The Hall–Kier alpha value is -2.12. The van der Waals surface area contributed by atoms with Gasteiger partial charge in [0.2, 0.25) is 5.91 Å². The number of amides is 1. The average Bonchev–Trinajstić information content (AvgIpc) is 3.36. The number of hydrogen-bond acceptors (Lipinski definition) is 6. The summed E-state index contributed by atoms with van der Waals surface area (Å²) in [6.07, 6.45) is 2.20. The van der Waals surface area contributed by atoms with Crippen molar-refractivity contribution in [2.24, 2.45) is 0 Å². The van der Waals surface area contributed by atoms with Crippen LogP contribution in [0.15, 0.2) is 29.6 Å². The second-order valence-electron chi connectivity index (χ2n) is 7.99. The lowest BCUT2D eigenvalue weighted by Crippen LogP contribution is -2.38. The standard InChI is InChI=1S/C21H29N3O3S/c1-21(2,3)18-14-28-20(23-18)24(15-7-9-16(26-4)10-8-15)13-19(25)22-12-17-6-5-11-27-17/h7-10,14,17H,5-6,11-13H2,1-4H3,(H,22,25). The minimum Gasteiger partial charge on any atom is -0.497 e. The van der Waals surface area contributed by atoms with Gasteiger partial charge in [0.05, 0.1) is 18.9 Å². The summed E-state index contributed by atoms with van der Waals surface area (Å²) in [5.74, 6) is 0.736. The van der Waals surface area contributed by atoms with Crippen LogP contribution in [0.3, 0.4) is 0 Å². The van der Waals surface area contributed by atoms with Crippen molar-refractivity contribution >= 4 is 28.1 Å². The van der Waals surface area contributed by atoms with E-state index in [-0.39, 0.29) is 24.0 Å². The van der Waals surface area contributed by atoms with Crippen molar-refractivity contribution in [3.05, 3.63) is 35.3 Å². The molecule has 0 saturated carbocycles. The molecule has 1 saturated heterocycles. The first-order chi connectivity index (χ1) is 13.4. The molecule has 2 heterocycles. The smallest absolute Gasteiger partial charge is 0.240 e. The molecule has 1 N–H and O–H groups in total. The predicted octanol–water partition coefficient (Wildman–Crippen LogP) is 3.88. The normalized spacial score (nSPS) is 16.8. The number of methoxy groups -OCH3 is 1. The van der Waals surface area contributed by atoms with Crippen molar-refractivity contribution in [1.82, 2.24) is 10.3 Å². The molecular weight excluding hydrogens is 374 g/mol. The molecule has 7 heteroatoms. The van der Waals surface area contributed by atoms with Gasteiger partial charge in [0.25, 0.3) is 0 Å². The summed E-state index contributed by atoms with van der Waals surface area (Å²) in [5.41, 5.74) is 1.89. The van der Waals surface area contributed by atoms with Crippen LogP contribution in [0.2, 0.25) is 0 Å². The molecule has 1 fully saturated rings. The first-order valence-corrected chi connectivity index (χ1v) is 10.5. The number of rotatable bonds is 7. The molecule has 0 spiro atoms. The van der Waals surface area contributed by atoms with E-state index in [1.54, 1.807) is 18.4 Å². The molecule has 6 nitrogen and oxygen atoms in total. The topological polar surface area (TPSA) is 63.7 Å². The number of carbonyl (C=O) groups excluding carboxylic acids is 1. The van der Waals surface area contributed by atoms with Crippen molar-refractivity contribution in [2.45, 2.75) is 45.1 Å². The number of aromatic nitrogens is 1. The van der Waals surface area contributed by atoms with Crippen molar-refractivity contribution in [3.63, 3.8) is 0 Å². The molecule has 0 radical (unpaired) electrons. The second kappa shape index (κ2) is 8.92. The largest absolute Gasteiger partial charge is 0.497 e. The monoisotopic (exact) mass is 403 g/mol. The third-order valence-electron chi connectivity index (χ3n) is 4.73. The highest BCUT2D eigenvalue weighted by molar-refractivity contribution is 7.13. The van der Waals surface area contributed by atoms with Crippen LogP contribution in [0.5, 0.6) is 5.75 Å². The Balaban J connectivity index is 1.77. The molecule has 1 aromatic heterocycles. The lowest BCUT2D eigenvalue weighted by molar-refractivity contribution is -0.120. The molecule has 0 aliphatic carbocycles. The number of nitrogens with one attached hydrogen (secondary N) is 1. The highest BCUT2D eigenvalue weighted by atomic mass is 32.1. The summed E-state index contributed by atoms with van der Waals surface area (Å²) in [7, 11) is 1.64. The maximum Gasteiger partial charge on any atom is 0.240 e. The first-order valence-electron chi connectivity index (χ1n) is 9.63. The molecule has 1 atom stereocenters. The van der Waals surface area contributed by atoms with Gasteiger partial charge in [-0.05, 0) is 37.1 Å². The number of benzene rings is 1. The van der Waals surface area contributed by atoms with Gasteiger partial charge >= 0.3 is 0 Å². The van der Waals surface area contributed by atoms with Crippen molar-refractivity contribution in [2.75, 3.05) is 31.7 Å². The quantitative estimate of drug-likeness (QED) is 0.760. The first kappa shape index (κ1) is 20.6. The fourth-order valence-corrected chi connectivity index (χ4v) is 4.07. The molecule has 2 aromatic rings. The van der Waals surface area contributed by atoms with E-state index >= 15 is 0 Å². The molecule has 28 heavy (non-hydrogen) atoms. The number of nitrogens with zero attached hydrogens (tertiary/aromatic N) is 2.